The lowest BCUT2D eigenvalue weighted by molar-refractivity contribution is 0.0907. The van der Waals surface area contributed by atoms with E-state index in [0.717, 1.165) is 11.2 Å². The summed E-state index contributed by atoms with van der Waals surface area (Å²) in [5.74, 6) is -0.174. The molecule has 0 aliphatic heterocycles. The second-order valence-corrected chi connectivity index (χ2v) is 5.54. The first-order chi connectivity index (χ1) is 10.1. The third-order valence-corrected chi connectivity index (χ3v) is 3.52. The summed E-state index contributed by atoms with van der Waals surface area (Å²) in [7, 11) is 0. The van der Waals surface area contributed by atoms with Crippen LogP contribution in [-0.2, 0) is 5.54 Å². The topological polar surface area (TPSA) is 46.4 Å². The molecule has 0 saturated carbocycles. The van der Waals surface area contributed by atoms with Gasteiger partial charge in [0, 0.05) is 12.4 Å². The molecule has 21 heavy (non-hydrogen) atoms. The molecule has 1 amide bonds. The van der Waals surface area contributed by atoms with Crippen molar-refractivity contribution in [1.29, 1.82) is 0 Å². The molecule has 2 heterocycles. The molecule has 0 unspecified atom stereocenters. The van der Waals surface area contributed by atoms with Crippen LogP contribution in [0.4, 0.5) is 0 Å². The Labute approximate surface area is 123 Å². The smallest absolute Gasteiger partial charge is 0.272 e. The van der Waals surface area contributed by atoms with E-state index >= 15 is 0 Å². The maximum atomic E-state index is 12.4. The number of amides is 1. The molecule has 106 valence electrons. The van der Waals surface area contributed by atoms with Crippen molar-refractivity contribution in [2.24, 2.45) is 0 Å². The van der Waals surface area contributed by atoms with Crippen molar-refractivity contribution in [2.75, 3.05) is 0 Å². The minimum Gasteiger partial charge on any atom is -0.342 e. The van der Waals surface area contributed by atoms with Crippen LogP contribution in [0.3, 0.4) is 0 Å². The van der Waals surface area contributed by atoms with Crippen LogP contribution >= 0.6 is 0 Å². The van der Waals surface area contributed by atoms with Crippen molar-refractivity contribution >= 4 is 11.6 Å². The van der Waals surface area contributed by atoms with E-state index in [9.17, 15) is 4.79 Å². The maximum absolute atomic E-state index is 12.4. The molecular formula is C17H17N3O. The molecule has 3 rings (SSSR count). The van der Waals surface area contributed by atoms with Crippen molar-refractivity contribution in [3.05, 3.63) is 72.2 Å². The van der Waals surface area contributed by atoms with Crippen molar-refractivity contribution < 1.29 is 4.79 Å². The van der Waals surface area contributed by atoms with Gasteiger partial charge >= 0.3 is 0 Å². The summed E-state index contributed by atoms with van der Waals surface area (Å²) in [5, 5.41) is 3.04. The fourth-order valence-corrected chi connectivity index (χ4v) is 2.32. The van der Waals surface area contributed by atoms with Gasteiger partial charge in [0.15, 0.2) is 0 Å². The van der Waals surface area contributed by atoms with Crippen LogP contribution in [0.1, 0.15) is 29.9 Å². The molecule has 2 aromatic heterocycles. The first-order valence-electron chi connectivity index (χ1n) is 6.88. The van der Waals surface area contributed by atoms with Gasteiger partial charge < -0.3 is 9.72 Å². The van der Waals surface area contributed by atoms with E-state index in [1.807, 2.05) is 73.0 Å². The number of carbonyl (C=O) groups is 1. The van der Waals surface area contributed by atoms with Crippen molar-refractivity contribution in [1.82, 2.24) is 14.7 Å². The standard InChI is InChI=1S/C17H17N3O/c1-17(2,13-8-4-3-5-9-13)19-16(21)14-12-20-11-7-6-10-15(20)18-14/h3-12H,1-2H3,(H,19,21). The Balaban J connectivity index is 1.85. The number of hydrogen-bond acceptors (Lipinski definition) is 2. The average molecular weight is 279 g/mol. The number of carbonyl (C=O) groups excluding carboxylic acids is 1. The normalized spacial score (nSPS) is 11.5. The quantitative estimate of drug-likeness (QED) is 0.801. The summed E-state index contributed by atoms with van der Waals surface area (Å²) in [6, 6.07) is 15.6. The van der Waals surface area contributed by atoms with Crippen LogP contribution in [0.25, 0.3) is 5.65 Å². The molecule has 0 aliphatic rings. The molecule has 0 spiro atoms. The van der Waals surface area contributed by atoms with Gasteiger partial charge in [0.2, 0.25) is 0 Å². The summed E-state index contributed by atoms with van der Waals surface area (Å²) < 4.78 is 1.84. The van der Waals surface area contributed by atoms with Gasteiger partial charge in [-0.05, 0) is 31.5 Å². The second kappa shape index (κ2) is 5.05. The molecular weight excluding hydrogens is 262 g/mol. The molecule has 1 aromatic carbocycles. The molecule has 1 N–H and O–H groups in total. The molecule has 0 saturated heterocycles. The average Bonchev–Trinajstić information content (AvgIpc) is 2.92. The number of nitrogens with one attached hydrogen (secondary N) is 1. The van der Waals surface area contributed by atoms with Gasteiger partial charge in [-0.2, -0.15) is 0 Å². The highest BCUT2D eigenvalue weighted by atomic mass is 16.2. The van der Waals surface area contributed by atoms with Gasteiger partial charge in [-0.25, -0.2) is 4.98 Å². The Bertz CT molecular complexity index is 742. The largest absolute Gasteiger partial charge is 0.342 e. The predicted octanol–water partition coefficient (Wildman–Crippen LogP) is 3.00. The third kappa shape index (κ3) is 2.65. The fraction of sp³-hybridized carbons (Fsp3) is 0.176. The summed E-state index contributed by atoms with van der Waals surface area (Å²) in [4.78, 5) is 16.8. The van der Waals surface area contributed by atoms with Gasteiger partial charge in [-0.15, -0.1) is 0 Å². The fourth-order valence-electron chi connectivity index (χ4n) is 2.32. The Hall–Kier alpha value is -2.62. The minimum absolute atomic E-state index is 0.174. The Kier molecular flexibility index (Phi) is 3.22. The van der Waals surface area contributed by atoms with Crippen molar-refractivity contribution in [2.45, 2.75) is 19.4 Å². The van der Waals surface area contributed by atoms with Crippen LogP contribution in [-0.4, -0.2) is 15.3 Å². The first kappa shape index (κ1) is 13.4. The molecule has 0 atom stereocenters. The summed E-state index contributed by atoms with van der Waals surface area (Å²) in [6.45, 7) is 3.96. The van der Waals surface area contributed by atoms with Gasteiger partial charge in [0.05, 0.1) is 5.54 Å². The Morgan fingerprint density at radius 3 is 2.52 bits per heavy atom. The monoisotopic (exact) mass is 279 g/mol. The molecule has 0 fully saturated rings. The zero-order valence-electron chi connectivity index (χ0n) is 12.1. The van der Waals surface area contributed by atoms with Crippen LogP contribution < -0.4 is 5.32 Å². The highest BCUT2D eigenvalue weighted by Crippen LogP contribution is 2.20. The van der Waals surface area contributed by atoms with E-state index in [-0.39, 0.29) is 5.91 Å². The minimum atomic E-state index is -0.450. The summed E-state index contributed by atoms with van der Waals surface area (Å²) >= 11 is 0. The SMILES string of the molecule is CC(C)(NC(=O)c1cn2ccccc2n1)c1ccccc1. The van der Waals surface area contributed by atoms with E-state index in [2.05, 4.69) is 10.3 Å². The highest BCUT2D eigenvalue weighted by molar-refractivity contribution is 5.93. The third-order valence-electron chi connectivity index (χ3n) is 3.52. The second-order valence-electron chi connectivity index (χ2n) is 5.54. The lowest BCUT2D eigenvalue weighted by atomic mass is 9.94. The zero-order chi connectivity index (χ0) is 14.9. The zero-order valence-corrected chi connectivity index (χ0v) is 12.1. The Morgan fingerprint density at radius 2 is 1.81 bits per heavy atom. The molecule has 0 bridgehead atoms. The van der Waals surface area contributed by atoms with Crippen LogP contribution in [0.2, 0.25) is 0 Å². The number of nitrogens with zero attached hydrogens (tertiary/aromatic N) is 2. The lowest BCUT2D eigenvalue weighted by Gasteiger charge is -2.26. The van der Waals surface area contributed by atoms with Gasteiger partial charge in [0.1, 0.15) is 11.3 Å². The summed E-state index contributed by atoms with van der Waals surface area (Å²) in [5.41, 5.74) is 1.79. The number of benzene rings is 1. The van der Waals surface area contributed by atoms with Crippen molar-refractivity contribution in [3.63, 3.8) is 0 Å². The number of imidazole rings is 1. The van der Waals surface area contributed by atoms with Crippen LogP contribution in [0.15, 0.2) is 60.9 Å². The molecule has 4 nitrogen and oxygen atoms in total. The highest BCUT2D eigenvalue weighted by Gasteiger charge is 2.24. The molecule has 3 aromatic rings. The van der Waals surface area contributed by atoms with Crippen LogP contribution in [0, 0.1) is 0 Å². The Morgan fingerprint density at radius 1 is 1.10 bits per heavy atom. The van der Waals surface area contributed by atoms with Gasteiger partial charge in [-0.3, -0.25) is 4.79 Å². The maximum Gasteiger partial charge on any atom is 0.272 e. The van der Waals surface area contributed by atoms with E-state index in [4.69, 9.17) is 0 Å². The lowest BCUT2D eigenvalue weighted by Crippen LogP contribution is -2.41. The van der Waals surface area contributed by atoms with Gasteiger partial charge in [0.25, 0.3) is 5.91 Å². The van der Waals surface area contributed by atoms with Gasteiger partial charge in [-0.1, -0.05) is 36.4 Å². The molecule has 0 radical (unpaired) electrons. The first-order valence-corrected chi connectivity index (χ1v) is 6.88. The van der Waals surface area contributed by atoms with E-state index in [1.54, 1.807) is 6.20 Å². The summed E-state index contributed by atoms with van der Waals surface area (Å²) in [6.07, 6.45) is 3.62. The number of aromatic nitrogens is 2. The number of fused-ring (bicyclic) bond motifs is 1. The van der Waals surface area contributed by atoms with E-state index in [0.29, 0.717) is 5.69 Å². The van der Waals surface area contributed by atoms with E-state index in [1.165, 1.54) is 0 Å². The van der Waals surface area contributed by atoms with Crippen molar-refractivity contribution in [3.8, 4) is 0 Å². The number of hydrogen-bond donors (Lipinski definition) is 1. The molecule has 0 aliphatic carbocycles. The molecule has 4 heteroatoms. The van der Waals surface area contributed by atoms with E-state index < -0.39 is 5.54 Å². The predicted molar refractivity (Wildman–Crippen MR) is 82.1 cm³/mol. The number of rotatable bonds is 3. The van der Waals surface area contributed by atoms with Crippen LogP contribution in [0.5, 0.6) is 0 Å². The number of pyridine rings is 1.